The maximum Gasteiger partial charge on any atom is 0.241 e. The lowest BCUT2D eigenvalue weighted by molar-refractivity contribution is 0.392. The molecule has 0 aliphatic rings. The first-order valence-corrected chi connectivity index (χ1v) is 10.1. The minimum absolute atomic E-state index is 0.196. The number of ether oxygens (including phenoxy) is 2. The lowest BCUT2D eigenvalue weighted by Gasteiger charge is -2.20. The van der Waals surface area contributed by atoms with Crippen molar-refractivity contribution in [3.05, 3.63) is 71.8 Å². The summed E-state index contributed by atoms with van der Waals surface area (Å²) in [6, 6.07) is 11.3. The summed E-state index contributed by atoms with van der Waals surface area (Å²) in [5.74, 6) is 1.66. The number of hydrogen-bond acceptors (Lipinski definition) is 5. The lowest BCUT2D eigenvalue weighted by atomic mass is 10.1. The van der Waals surface area contributed by atoms with E-state index < -0.39 is 16.1 Å². The highest BCUT2D eigenvalue weighted by atomic mass is 32.2. The number of aromatic nitrogens is 2. The van der Waals surface area contributed by atoms with E-state index in [2.05, 4.69) is 9.71 Å². The van der Waals surface area contributed by atoms with Gasteiger partial charge in [0.15, 0.2) is 0 Å². The van der Waals surface area contributed by atoms with E-state index in [4.69, 9.17) is 9.47 Å². The fourth-order valence-electron chi connectivity index (χ4n) is 2.93. The zero-order chi connectivity index (χ0) is 20.3. The van der Waals surface area contributed by atoms with Crippen molar-refractivity contribution in [1.82, 2.24) is 14.3 Å². The summed E-state index contributed by atoms with van der Waals surface area (Å²) < 4.78 is 41.4. The summed E-state index contributed by atoms with van der Waals surface area (Å²) in [5.41, 5.74) is 1.51. The van der Waals surface area contributed by atoms with Gasteiger partial charge in [-0.15, -0.1) is 0 Å². The third-order valence-electron chi connectivity index (χ3n) is 4.40. The molecule has 1 heterocycles. The second kappa shape index (κ2) is 8.04. The molecule has 3 aromatic rings. The second-order valence-corrected chi connectivity index (χ2v) is 8.13. The van der Waals surface area contributed by atoms with Crippen molar-refractivity contribution in [3.63, 3.8) is 0 Å². The molecule has 0 saturated carbocycles. The maximum absolute atomic E-state index is 13.1. The molecule has 0 saturated heterocycles. The summed E-state index contributed by atoms with van der Waals surface area (Å²) in [6.07, 6.45) is 3.39. The number of sulfonamides is 1. The van der Waals surface area contributed by atoms with Crippen LogP contribution < -0.4 is 14.2 Å². The molecule has 0 aliphatic heterocycles. The number of benzene rings is 2. The molecule has 3 rings (SSSR count). The van der Waals surface area contributed by atoms with E-state index in [1.54, 1.807) is 67.6 Å². The van der Waals surface area contributed by atoms with Crippen molar-refractivity contribution in [1.29, 1.82) is 0 Å². The largest absolute Gasteiger partial charge is 0.497 e. The van der Waals surface area contributed by atoms with Gasteiger partial charge in [-0.05, 0) is 42.3 Å². The Bertz CT molecular complexity index is 1050. The maximum atomic E-state index is 13.1. The first-order valence-electron chi connectivity index (χ1n) is 8.63. The molecular formula is C20H23N3O4S. The molecule has 2 aromatic carbocycles. The van der Waals surface area contributed by atoms with Crippen molar-refractivity contribution in [2.75, 3.05) is 14.2 Å². The number of aryl methyl sites for hydroxylation is 2. The van der Waals surface area contributed by atoms with Gasteiger partial charge in [0.2, 0.25) is 10.0 Å². The van der Waals surface area contributed by atoms with Gasteiger partial charge in [-0.1, -0.05) is 12.1 Å². The summed E-state index contributed by atoms with van der Waals surface area (Å²) in [4.78, 5) is 4.55. The van der Waals surface area contributed by atoms with Crippen LogP contribution in [0.3, 0.4) is 0 Å². The molecule has 1 aromatic heterocycles. The van der Waals surface area contributed by atoms with Crippen molar-refractivity contribution in [2.24, 2.45) is 7.05 Å². The Morgan fingerprint density at radius 2 is 1.75 bits per heavy atom. The molecule has 0 aliphatic carbocycles. The molecule has 28 heavy (non-hydrogen) atoms. The van der Waals surface area contributed by atoms with Crippen LogP contribution in [0, 0.1) is 6.92 Å². The first-order chi connectivity index (χ1) is 13.3. The number of hydrogen-bond donors (Lipinski definition) is 1. The molecule has 1 atom stereocenters. The van der Waals surface area contributed by atoms with Gasteiger partial charge in [0.1, 0.15) is 23.4 Å². The van der Waals surface area contributed by atoms with Crippen molar-refractivity contribution >= 4 is 10.0 Å². The Kier molecular flexibility index (Phi) is 5.71. The van der Waals surface area contributed by atoms with E-state index in [9.17, 15) is 8.42 Å². The van der Waals surface area contributed by atoms with Gasteiger partial charge < -0.3 is 14.0 Å². The van der Waals surface area contributed by atoms with Crippen LogP contribution in [-0.4, -0.2) is 32.2 Å². The Balaban J connectivity index is 2.10. The fraction of sp³-hybridized carbons (Fsp3) is 0.250. The Labute approximate surface area is 165 Å². The summed E-state index contributed by atoms with van der Waals surface area (Å²) in [7, 11) is 1.11. The average molecular weight is 401 g/mol. The molecule has 1 unspecified atom stereocenters. The summed E-state index contributed by atoms with van der Waals surface area (Å²) in [6.45, 7) is 1.85. The molecule has 0 bridgehead atoms. The Hall–Kier alpha value is -2.84. The highest BCUT2D eigenvalue weighted by molar-refractivity contribution is 7.89. The molecule has 0 spiro atoms. The van der Waals surface area contributed by atoms with Gasteiger partial charge in [0.25, 0.3) is 0 Å². The van der Waals surface area contributed by atoms with E-state index in [0.717, 1.165) is 5.56 Å². The molecular weight excluding hydrogens is 378 g/mol. The van der Waals surface area contributed by atoms with Crippen molar-refractivity contribution < 1.29 is 17.9 Å². The number of methoxy groups -OCH3 is 2. The monoisotopic (exact) mass is 401 g/mol. The molecule has 1 N–H and O–H groups in total. The summed E-state index contributed by atoms with van der Waals surface area (Å²) >= 11 is 0. The normalized spacial score (nSPS) is 12.6. The average Bonchev–Trinajstić information content (AvgIpc) is 3.11. The van der Waals surface area contributed by atoms with Gasteiger partial charge >= 0.3 is 0 Å². The molecule has 8 heteroatoms. The Morgan fingerprint density at radius 1 is 1.07 bits per heavy atom. The van der Waals surface area contributed by atoms with E-state index in [1.165, 1.54) is 0 Å². The predicted molar refractivity (Wildman–Crippen MR) is 106 cm³/mol. The highest BCUT2D eigenvalue weighted by Gasteiger charge is 2.26. The second-order valence-electron chi connectivity index (χ2n) is 6.41. The van der Waals surface area contributed by atoms with Crippen LogP contribution in [0.4, 0.5) is 0 Å². The third-order valence-corrected chi connectivity index (χ3v) is 5.82. The van der Waals surface area contributed by atoms with Crippen LogP contribution in [0.1, 0.15) is 23.0 Å². The smallest absolute Gasteiger partial charge is 0.241 e. The molecule has 0 fully saturated rings. The standard InChI is InChI=1S/C20H23N3O4S/c1-14-6-5-7-18(10-14)28(24,25)22-19(20-21-8-9-23(20)2)15-11-16(26-3)13-17(12-15)27-4/h5-13,19,22H,1-4H3. The van der Waals surface area contributed by atoms with Crippen molar-refractivity contribution in [2.45, 2.75) is 17.9 Å². The van der Waals surface area contributed by atoms with Crippen molar-refractivity contribution in [3.8, 4) is 11.5 Å². The number of rotatable bonds is 7. The zero-order valence-electron chi connectivity index (χ0n) is 16.2. The predicted octanol–water partition coefficient (Wildman–Crippen LogP) is 2.81. The minimum atomic E-state index is -3.80. The number of nitrogens with one attached hydrogen (secondary N) is 1. The zero-order valence-corrected chi connectivity index (χ0v) is 17.0. The lowest BCUT2D eigenvalue weighted by Crippen LogP contribution is -2.31. The van der Waals surface area contributed by atoms with Crippen LogP contribution in [0.2, 0.25) is 0 Å². The van der Waals surface area contributed by atoms with E-state index in [1.807, 2.05) is 20.0 Å². The first kappa shape index (κ1) is 19.9. The van der Waals surface area contributed by atoms with E-state index >= 15 is 0 Å². The summed E-state index contributed by atoms with van der Waals surface area (Å²) in [5, 5.41) is 0. The highest BCUT2D eigenvalue weighted by Crippen LogP contribution is 2.30. The van der Waals surface area contributed by atoms with Gasteiger partial charge in [-0.2, -0.15) is 4.72 Å². The van der Waals surface area contributed by atoms with Gasteiger partial charge in [-0.3, -0.25) is 0 Å². The van der Waals surface area contributed by atoms with Crippen LogP contribution >= 0.6 is 0 Å². The number of nitrogens with zero attached hydrogens (tertiary/aromatic N) is 2. The van der Waals surface area contributed by atoms with Crippen LogP contribution in [0.25, 0.3) is 0 Å². The van der Waals surface area contributed by atoms with Gasteiger partial charge in [0, 0.05) is 25.5 Å². The van der Waals surface area contributed by atoms with Gasteiger partial charge in [0.05, 0.1) is 19.1 Å². The van der Waals surface area contributed by atoms with E-state index in [-0.39, 0.29) is 4.90 Å². The van der Waals surface area contributed by atoms with Crippen LogP contribution in [-0.2, 0) is 17.1 Å². The quantitative estimate of drug-likeness (QED) is 0.658. The Morgan fingerprint density at radius 3 is 2.29 bits per heavy atom. The molecule has 7 nitrogen and oxygen atoms in total. The van der Waals surface area contributed by atoms with Gasteiger partial charge in [-0.25, -0.2) is 13.4 Å². The van der Waals surface area contributed by atoms with Crippen LogP contribution in [0.15, 0.2) is 59.8 Å². The molecule has 0 radical (unpaired) electrons. The third kappa shape index (κ3) is 4.18. The minimum Gasteiger partial charge on any atom is -0.497 e. The SMILES string of the molecule is COc1cc(OC)cc(C(NS(=O)(=O)c2cccc(C)c2)c2nccn2C)c1. The molecule has 0 amide bonds. The van der Waals surface area contributed by atoms with Crippen LogP contribution in [0.5, 0.6) is 11.5 Å². The fourth-order valence-corrected chi connectivity index (χ4v) is 4.21. The van der Waals surface area contributed by atoms with E-state index in [0.29, 0.717) is 22.9 Å². The molecule has 148 valence electrons. The topological polar surface area (TPSA) is 82.4 Å². The number of imidazole rings is 1.